The first-order chi connectivity index (χ1) is 15.9. The van der Waals surface area contributed by atoms with Gasteiger partial charge >= 0.3 is 0 Å². The first-order valence-electron chi connectivity index (χ1n) is 11.0. The van der Waals surface area contributed by atoms with Gasteiger partial charge in [-0.25, -0.2) is 0 Å². The number of nitrogens with one attached hydrogen (secondary N) is 1. The molecule has 1 aliphatic rings. The van der Waals surface area contributed by atoms with Crippen LogP contribution in [0.5, 0.6) is 0 Å². The molecule has 0 aromatic heterocycles. The van der Waals surface area contributed by atoms with Crippen LogP contribution in [-0.2, 0) is 16.1 Å². The summed E-state index contributed by atoms with van der Waals surface area (Å²) in [4.78, 5) is 42.1. The van der Waals surface area contributed by atoms with Gasteiger partial charge in [0.15, 0.2) is 0 Å². The standard InChI is InChI=1S/C27H27N3O3/c1-19-10-6-9-15-24(19)30-18-21(16-25(30)31)26(32)28-23-14-8-7-13-22(23)27(33)29(2)17-20-11-4-3-5-12-20/h3-15,21H,16-18H2,1-2H3,(H,28,32)/t21-/m1/s1. The summed E-state index contributed by atoms with van der Waals surface area (Å²) in [6.45, 7) is 2.73. The lowest BCUT2D eigenvalue weighted by Crippen LogP contribution is -2.30. The van der Waals surface area contributed by atoms with Crippen molar-refractivity contribution in [1.82, 2.24) is 4.90 Å². The summed E-state index contributed by atoms with van der Waals surface area (Å²) in [6.07, 6.45) is 0.143. The topological polar surface area (TPSA) is 69.7 Å². The number of amides is 3. The van der Waals surface area contributed by atoms with Crippen molar-refractivity contribution in [2.24, 2.45) is 5.92 Å². The van der Waals surface area contributed by atoms with Gasteiger partial charge in [0.2, 0.25) is 11.8 Å². The highest BCUT2D eigenvalue weighted by molar-refractivity contribution is 6.07. The maximum atomic E-state index is 13.1. The van der Waals surface area contributed by atoms with E-state index in [1.54, 1.807) is 41.1 Å². The number of hydrogen-bond donors (Lipinski definition) is 1. The van der Waals surface area contributed by atoms with Crippen LogP contribution in [-0.4, -0.2) is 36.2 Å². The molecule has 1 saturated heterocycles. The predicted molar refractivity (Wildman–Crippen MR) is 129 cm³/mol. The lowest BCUT2D eigenvalue weighted by atomic mass is 10.1. The highest BCUT2D eigenvalue weighted by Crippen LogP contribution is 2.29. The zero-order valence-corrected chi connectivity index (χ0v) is 18.8. The lowest BCUT2D eigenvalue weighted by molar-refractivity contribution is -0.122. The SMILES string of the molecule is Cc1ccccc1N1C[C@H](C(=O)Nc2ccccc2C(=O)N(C)Cc2ccccc2)CC1=O. The zero-order valence-electron chi connectivity index (χ0n) is 18.8. The Balaban J connectivity index is 1.46. The minimum absolute atomic E-state index is 0.0728. The second-order valence-electron chi connectivity index (χ2n) is 8.37. The summed E-state index contributed by atoms with van der Waals surface area (Å²) >= 11 is 0. The van der Waals surface area contributed by atoms with Gasteiger partial charge in [0, 0.05) is 32.2 Å². The van der Waals surface area contributed by atoms with Gasteiger partial charge in [0.05, 0.1) is 17.2 Å². The third-order valence-electron chi connectivity index (χ3n) is 5.93. The average molecular weight is 442 g/mol. The Bertz CT molecular complexity index is 1180. The Morgan fingerprint density at radius 2 is 1.64 bits per heavy atom. The molecule has 0 radical (unpaired) electrons. The molecule has 0 spiro atoms. The molecule has 1 atom stereocenters. The van der Waals surface area contributed by atoms with Gasteiger partial charge in [-0.3, -0.25) is 14.4 Å². The Kier molecular flexibility index (Phi) is 6.54. The van der Waals surface area contributed by atoms with Crippen LogP contribution >= 0.6 is 0 Å². The fourth-order valence-electron chi connectivity index (χ4n) is 4.13. The van der Waals surface area contributed by atoms with E-state index in [0.717, 1.165) is 16.8 Å². The maximum absolute atomic E-state index is 13.1. The number of rotatable bonds is 6. The van der Waals surface area contributed by atoms with E-state index in [0.29, 0.717) is 24.3 Å². The highest BCUT2D eigenvalue weighted by Gasteiger charge is 2.36. The molecular weight excluding hydrogens is 414 g/mol. The second kappa shape index (κ2) is 9.69. The second-order valence-corrected chi connectivity index (χ2v) is 8.37. The number of aryl methyl sites for hydroxylation is 1. The van der Waals surface area contributed by atoms with Crippen LogP contribution in [0, 0.1) is 12.8 Å². The van der Waals surface area contributed by atoms with Crippen LogP contribution < -0.4 is 10.2 Å². The van der Waals surface area contributed by atoms with Crippen molar-refractivity contribution in [3.63, 3.8) is 0 Å². The largest absolute Gasteiger partial charge is 0.337 e. The van der Waals surface area contributed by atoms with Crippen LogP contribution in [0.4, 0.5) is 11.4 Å². The van der Waals surface area contributed by atoms with E-state index < -0.39 is 5.92 Å². The number of anilines is 2. The predicted octanol–water partition coefficient (Wildman–Crippen LogP) is 4.26. The number of carbonyl (C=O) groups excluding carboxylic acids is 3. The number of nitrogens with zero attached hydrogens (tertiary/aromatic N) is 2. The number of hydrogen-bond acceptors (Lipinski definition) is 3. The van der Waals surface area contributed by atoms with E-state index in [2.05, 4.69) is 5.32 Å². The van der Waals surface area contributed by atoms with Gasteiger partial charge in [-0.05, 0) is 36.2 Å². The molecule has 0 saturated carbocycles. The third-order valence-corrected chi connectivity index (χ3v) is 5.93. The van der Waals surface area contributed by atoms with Gasteiger partial charge in [-0.1, -0.05) is 60.7 Å². The summed E-state index contributed by atoms with van der Waals surface area (Å²) in [7, 11) is 1.74. The molecule has 3 aromatic rings. The van der Waals surface area contributed by atoms with Crippen LogP contribution in [0.1, 0.15) is 27.9 Å². The van der Waals surface area contributed by atoms with E-state index in [9.17, 15) is 14.4 Å². The maximum Gasteiger partial charge on any atom is 0.256 e. The molecule has 0 bridgehead atoms. The number of carbonyl (C=O) groups is 3. The molecule has 3 amide bonds. The quantitative estimate of drug-likeness (QED) is 0.621. The van der Waals surface area contributed by atoms with Crippen molar-refractivity contribution < 1.29 is 14.4 Å². The summed E-state index contributed by atoms with van der Waals surface area (Å²) in [5.41, 5.74) is 3.72. The fourth-order valence-corrected chi connectivity index (χ4v) is 4.13. The molecule has 4 rings (SSSR count). The lowest BCUT2D eigenvalue weighted by Gasteiger charge is -2.20. The zero-order chi connectivity index (χ0) is 23.4. The first-order valence-corrected chi connectivity index (χ1v) is 11.0. The first kappa shape index (κ1) is 22.3. The molecule has 0 unspecified atom stereocenters. The van der Waals surface area contributed by atoms with Crippen molar-refractivity contribution in [2.75, 3.05) is 23.8 Å². The van der Waals surface area contributed by atoms with Crippen molar-refractivity contribution in [3.05, 3.63) is 95.6 Å². The fraction of sp³-hybridized carbons (Fsp3) is 0.222. The monoisotopic (exact) mass is 441 g/mol. The van der Waals surface area contributed by atoms with Crippen LogP contribution in [0.15, 0.2) is 78.9 Å². The Morgan fingerprint density at radius 1 is 0.970 bits per heavy atom. The molecular formula is C27H27N3O3. The van der Waals surface area contributed by atoms with Gasteiger partial charge in [-0.15, -0.1) is 0 Å². The normalized spacial score (nSPS) is 15.4. The minimum Gasteiger partial charge on any atom is -0.337 e. The van der Waals surface area contributed by atoms with E-state index in [-0.39, 0.29) is 24.1 Å². The van der Waals surface area contributed by atoms with Crippen molar-refractivity contribution in [3.8, 4) is 0 Å². The molecule has 1 aliphatic heterocycles. The summed E-state index contributed by atoms with van der Waals surface area (Å²) in [6, 6.07) is 24.4. The number of para-hydroxylation sites is 2. The van der Waals surface area contributed by atoms with E-state index in [4.69, 9.17) is 0 Å². The van der Waals surface area contributed by atoms with E-state index in [1.165, 1.54) is 0 Å². The van der Waals surface area contributed by atoms with Gasteiger partial charge in [0.1, 0.15) is 0 Å². The van der Waals surface area contributed by atoms with Crippen molar-refractivity contribution >= 4 is 29.1 Å². The highest BCUT2D eigenvalue weighted by atomic mass is 16.2. The average Bonchev–Trinajstić information content (AvgIpc) is 3.21. The molecule has 168 valence electrons. The Morgan fingerprint density at radius 3 is 2.39 bits per heavy atom. The summed E-state index contributed by atoms with van der Waals surface area (Å²) < 4.78 is 0. The minimum atomic E-state index is -0.484. The van der Waals surface area contributed by atoms with Gasteiger partial charge in [-0.2, -0.15) is 0 Å². The van der Waals surface area contributed by atoms with Crippen molar-refractivity contribution in [2.45, 2.75) is 19.9 Å². The molecule has 6 heteroatoms. The Labute approximate surface area is 193 Å². The van der Waals surface area contributed by atoms with E-state index >= 15 is 0 Å². The van der Waals surface area contributed by atoms with Crippen LogP contribution in [0.3, 0.4) is 0 Å². The Hall–Kier alpha value is -3.93. The molecule has 1 N–H and O–H groups in total. The molecule has 1 fully saturated rings. The summed E-state index contributed by atoms with van der Waals surface area (Å²) in [5, 5.41) is 2.89. The molecule has 1 heterocycles. The van der Waals surface area contributed by atoms with Gasteiger partial charge in [0.25, 0.3) is 5.91 Å². The molecule has 33 heavy (non-hydrogen) atoms. The van der Waals surface area contributed by atoms with Crippen LogP contribution in [0.2, 0.25) is 0 Å². The number of benzene rings is 3. The molecule has 3 aromatic carbocycles. The smallest absolute Gasteiger partial charge is 0.256 e. The summed E-state index contributed by atoms with van der Waals surface area (Å²) in [5.74, 6) is -0.997. The third kappa shape index (κ3) is 4.95. The molecule has 0 aliphatic carbocycles. The van der Waals surface area contributed by atoms with Crippen molar-refractivity contribution in [1.29, 1.82) is 0 Å². The van der Waals surface area contributed by atoms with Crippen LogP contribution in [0.25, 0.3) is 0 Å². The van der Waals surface area contributed by atoms with Gasteiger partial charge < -0.3 is 15.1 Å². The molecule has 6 nitrogen and oxygen atoms in total. The van der Waals surface area contributed by atoms with E-state index in [1.807, 2.05) is 61.5 Å².